The number of benzene rings is 1. The van der Waals surface area contributed by atoms with E-state index in [0.717, 1.165) is 11.8 Å². The maximum Gasteiger partial charge on any atom is 0.259 e. The number of aromatic nitrogens is 2. The van der Waals surface area contributed by atoms with Crippen molar-refractivity contribution >= 4 is 34.6 Å². The normalized spacial score (nSPS) is 12.3. The van der Waals surface area contributed by atoms with E-state index in [1.165, 1.54) is 6.20 Å². The van der Waals surface area contributed by atoms with Crippen LogP contribution in [0.1, 0.15) is 13.3 Å². The fraction of sp³-hybridized carbons (Fsp3) is 0.188. The van der Waals surface area contributed by atoms with Gasteiger partial charge in [0, 0.05) is 12.3 Å². The van der Waals surface area contributed by atoms with Crippen LogP contribution in [0.4, 0.5) is 23.2 Å². The Labute approximate surface area is 148 Å². The van der Waals surface area contributed by atoms with Crippen molar-refractivity contribution in [2.24, 2.45) is 0 Å². The Bertz CT molecular complexity index is 920. The molecule has 0 aliphatic carbocycles. The van der Waals surface area contributed by atoms with Gasteiger partial charge in [0.2, 0.25) is 5.91 Å². The van der Waals surface area contributed by atoms with Crippen LogP contribution >= 0.6 is 11.8 Å². The van der Waals surface area contributed by atoms with Crippen LogP contribution in [-0.2, 0) is 4.79 Å². The summed E-state index contributed by atoms with van der Waals surface area (Å²) in [4.78, 5) is 20.4. The van der Waals surface area contributed by atoms with E-state index in [0.29, 0.717) is 11.2 Å². The van der Waals surface area contributed by atoms with Crippen LogP contribution in [0.15, 0.2) is 34.0 Å². The van der Waals surface area contributed by atoms with Crippen LogP contribution in [0.25, 0.3) is 11.2 Å². The van der Waals surface area contributed by atoms with Gasteiger partial charge >= 0.3 is 0 Å². The molecule has 0 aliphatic rings. The third-order valence-corrected chi connectivity index (χ3v) is 4.62. The molecule has 0 saturated carbocycles. The predicted octanol–water partition coefficient (Wildman–Crippen LogP) is 4.29. The number of carbonyl (C=O) groups excluding carboxylic acids is 1. The van der Waals surface area contributed by atoms with Crippen molar-refractivity contribution in [1.82, 2.24) is 9.97 Å². The zero-order valence-electron chi connectivity index (χ0n) is 13.2. The lowest BCUT2D eigenvalue weighted by atomic mass is 10.2. The van der Waals surface area contributed by atoms with E-state index < -0.39 is 40.1 Å². The SMILES string of the molecule is CC[C@H](Sc1nc2ncccc2o1)C(=O)Nc1c(F)c(F)cc(F)c1F. The Balaban J connectivity index is 1.81. The quantitative estimate of drug-likeness (QED) is 0.403. The number of fused-ring (bicyclic) bond motifs is 1. The number of halogens is 4. The van der Waals surface area contributed by atoms with E-state index >= 15 is 0 Å². The number of amides is 1. The first-order chi connectivity index (χ1) is 12.4. The molecule has 0 saturated heterocycles. The summed E-state index contributed by atoms with van der Waals surface area (Å²) in [5, 5.41) is 1.15. The molecule has 0 fully saturated rings. The molecule has 1 atom stereocenters. The number of hydrogen-bond acceptors (Lipinski definition) is 5. The second-order valence-electron chi connectivity index (χ2n) is 5.15. The summed E-state index contributed by atoms with van der Waals surface area (Å²) in [6, 6.07) is 3.36. The molecule has 1 amide bonds. The first-order valence-corrected chi connectivity index (χ1v) is 8.30. The molecule has 0 unspecified atom stereocenters. The second kappa shape index (κ2) is 7.32. The summed E-state index contributed by atoms with van der Waals surface area (Å²) >= 11 is 0.900. The smallest absolute Gasteiger partial charge is 0.259 e. The van der Waals surface area contributed by atoms with Gasteiger partial charge in [-0.1, -0.05) is 18.7 Å². The monoisotopic (exact) mass is 385 g/mol. The van der Waals surface area contributed by atoms with E-state index in [1.807, 2.05) is 5.32 Å². The van der Waals surface area contributed by atoms with Crippen molar-refractivity contribution in [3.8, 4) is 0 Å². The van der Waals surface area contributed by atoms with E-state index in [-0.39, 0.29) is 17.7 Å². The average Bonchev–Trinajstić information content (AvgIpc) is 3.04. The Morgan fingerprint density at radius 2 is 1.96 bits per heavy atom. The fourth-order valence-electron chi connectivity index (χ4n) is 2.13. The minimum Gasteiger partial charge on any atom is -0.430 e. The standard InChI is InChI=1S/C16H11F4N3O2S/c1-2-10(26-16-23-14-9(25-16)4-3-5-21-14)15(24)22-13-11(19)7(17)6-8(18)12(13)20/h3-6,10H,2H2,1H3,(H,22,24)/t10-/m0/s1. The molecule has 0 spiro atoms. The zero-order chi connectivity index (χ0) is 18.8. The lowest BCUT2D eigenvalue weighted by Crippen LogP contribution is -2.26. The van der Waals surface area contributed by atoms with Crippen molar-refractivity contribution < 1.29 is 26.8 Å². The molecular weight excluding hydrogens is 374 g/mol. The van der Waals surface area contributed by atoms with Gasteiger partial charge in [0.25, 0.3) is 5.22 Å². The number of nitrogens with one attached hydrogen (secondary N) is 1. The van der Waals surface area contributed by atoms with Crippen molar-refractivity contribution in [3.05, 3.63) is 47.7 Å². The summed E-state index contributed by atoms with van der Waals surface area (Å²) in [6.45, 7) is 1.65. The molecule has 3 aromatic rings. The van der Waals surface area contributed by atoms with Crippen LogP contribution in [0.5, 0.6) is 0 Å². The summed E-state index contributed by atoms with van der Waals surface area (Å²) in [5.74, 6) is -7.42. The van der Waals surface area contributed by atoms with Gasteiger partial charge in [0.05, 0.1) is 5.25 Å². The molecular formula is C16H11F4N3O2S. The first kappa shape index (κ1) is 18.2. The van der Waals surface area contributed by atoms with Gasteiger partial charge in [-0.05, 0) is 18.6 Å². The number of nitrogens with zero attached hydrogens (tertiary/aromatic N) is 2. The molecule has 26 heavy (non-hydrogen) atoms. The predicted molar refractivity (Wildman–Crippen MR) is 86.6 cm³/mol. The molecule has 2 heterocycles. The van der Waals surface area contributed by atoms with E-state index in [2.05, 4.69) is 9.97 Å². The van der Waals surface area contributed by atoms with E-state index in [9.17, 15) is 22.4 Å². The molecule has 3 rings (SSSR count). The highest BCUT2D eigenvalue weighted by Gasteiger charge is 2.26. The zero-order valence-corrected chi connectivity index (χ0v) is 14.0. The van der Waals surface area contributed by atoms with Gasteiger partial charge in [-0.2, -0.15) is 4.98 Å². The van der Waals surface area contributed by atoms with Gasteiger partial charge in [-0.15, -0.1) is 0 Å². The second-order valence-corrected chi connectivity index (χ2v) is 6.31. The molecule has 5 nitrogen and oxygen atoms in total. The third-order valence-electron chi connectivity index (χ3n) is 3.41. The fourth-order valence-corrected chi connectivity index (χ4v) is 2.98. The lowest BCUT2D eigenvalue weighted by Gasteiger charge is -2.14. The number of carbonyl (C=O) groups is 1. The molecule has 1 aromatic carbocycles. The van der Waals surface area contributed by atoms with Crippen molar-refractivity contribution in [3.63, 3.8) is 0 Å². The Morgan fingerprint density at radius 1 is 1.27 bits per heavy atom. The highest BCUT2D eigenvalue weighted by molar-refractivity contribution is 8.00. The van der Waals surface area contributed by atoms with Crippen LogP contribution in [-0.4, -0.2) is 21.1 Å². The van der Waals surface area contributed by atoms with E-state index in [1.54, 1.807) is 19.1 Å². The number of thioether (sulfide) groups is 1. The molecule has 0 radical (unpaired) electrons. The Hall–Kier alpha value is -2.62. The van der Waals surface area contributed by atoms with Crippen LogP contribution in [0.2, 0.25) is 0 Å². The van der Waals surface area contributed by atoms with Gasteiger partial charge in [0.15, 0.2) is 34.5 Å². The van der Waals surface area contributed by atoms with Gasteiger partial charge < -0.3 is 9.73 Å². The van der Waals surface area contributed by atoms with Gasteiger partial charge in [-0.25, -0.2) is 22.5 Å². The summed E-state index contributed by atoms with van der Waals surface area (Å²) < 4.78 is 59.3. The van der Waals surface area contributed by atoms with Crippen molar-refractivity contribution in [2.75, 3.05) is 5.32 Å². The third kappa shape index (κ3) is 3.50. The maximum atomic E-state index is 13.7. The molecule has 2 aromatic heterocycles. The lowest BCUT2D eigenvalue weighted by molar-refractivity contribution is -0.115. The van der Waals surface area contributed by atoms with Crippen LogP contribution < -0.4 is 5.32 Å². The molecule has 0 bridgehead atoms. The average molecular weight is 385 g/mol. The molecule has 0 aliphatic heterocycles. The largest absolute Gasteiger partial charge is 0.430 e. The molecule has 10 heteroatoms. The highest BCUT2D eigenvalue weighted by atomic mass is 32.2. The molecule has 136 valence electrons. The minimum atomic E-state index is -1.68. The number of anilines is 1. The maximum absolute atomic E-state index is 13.7. The number of pyridine rings is 1. The topological polar surface area (TPSA) is 68.0 Å². The van der Waals surface area contributed by atoms with Crippen LogP contribution in [0, 0.1) is 23.3 Å². The number of oxazole rings is 1. The van der Waals surface area contributed by atoms with Gasteiger partial charge in [0.1, 0.15) is 5.69 Å². The first-order valence-electron chi connectivity index (χ1n) is 7.42. The Kier molecular flexibility index (Phi) is 5.12. The summed E-state index contributed by atoms with van der Waals surface area (Å²) in [6.07, 6.45) is 1.76. The number of hydrogen-bond donors (Lipinski definition) is 1. The van der Waals surface area contributed by atoms with Crippen molar-refractivity contribution in [1.29, 1.82) is 0 Å². The van der Waals surface area contributed by atoms with Crippen LogP contribution in [0.3, 0.4) is 0 Å². The van der Waals surface area contributed by atoms with Gasteiger partial charge in [-0.3, -0.25) is 4.79 Å². The minimum absolute atomic E-state index is 0.0672. The summed E-state index contributed by atoms with van der Waals surface area (Å²) in [5.41, 5.74) is -0.421. The molecule has 1 N–H and O–H groups in total. The van der Waals surface area contributed by atoms with E-state index in [4.69, 9.17) is 4.42 Å². The summed E-state index contributed by atoms with van der Waals surface area (Å²) in [7, 11) is 0. The number of rotatable bonds is 5. The highest BCUT2D eigenvalue weighted by Crippen LogP contribution is 2.30. The Morgan fingerprint density at radius 3 is 2.58 bits per heavy atom. The van der Waals surface area contributed by atoms with Crippen molar-refractivity contribution in [2.45, 2.75) is 23.8 Å².